The van der Waals surface area contributed by atoms with Crippen molar-refractivity contribution in [2.45, 2.75) is 19.3 Å². The van der Waals surface area contributed by atoms with E-state index >= 15 is 0 Å². The SMILES string of the molecule is O=C(CCc1nc2cccnc2n1-c1ccccc1)NCCc1cccs1. The first-order valence-electron chi connectivity index (χ1n) is 8.98. The molecule has 0 radical (unpaired) electrons. The summed E-state index contributed by atoms with van der Waals surface area (Å²) in [6.07, 6.45) is 3.61. The molecule has 0 aliphatic rings. The summed E-state index contributed by atoms with van der Waals surface area (Å²) in [7, 11) is 0. The van der Waals surface area contributed by atoms with Crippen molar-refractivity contribution in [1.82, 2.24) is 19.9 Å². The number of carbonyl (C=O) groups is 1. The Morgan fingerprint density at radius 1 is 1.04 bits per heavy atom. The van der Waals surface area contributed by atoms with Gasteiger partial charge in [-0.25, -0.2) is 9.97 Å². The summed E-state index contributed by atoms with van der Waals surface area (Å²) in [5, 5.41) is 5.05. The van der Waals surface area contributed by atoms with E-state index in [1.807, 2.05) is 53.1 Å². The van der Waals surface area contributed by atoms with Gasteiger partial charge >= 0.3 is 0 Å². The zero-order chi connectivity index (χ0) is 18.5. The lowest BCUT2D eigenvalue weighted by Crippen LogP contribution is -2.26. The first-order valence-corrected chi connectivity index (χ1v) is 9.86. The van der Waals surface area contributed by atoms with Gasteiger partial charge in [0.2, 0.25) is 5.91 Å². The van der Waals surface area contributed by atoms with E-state index in [4.69, 9.17) is 4.98 Å². The first-order chi connectivity index (χ1) is 13.3. The summed E-state index contributed by atoms with van der Waals surface area (Å²) in [5.41, 5.74) is 2.66. The molecular weight excluding hydrogens is 356 g/mol. The van der Waals surface area contributed by atoms with Crippen LogP contribution >= 0.6 is 11.3 Å². The minimum absolute atomic E-state index is 0.0474. The van der Waals surface area contributed by atoms with Crippen LogP contribution in [0.1, 0.15) is 17.1 Å². The number of pyridine rings is 1. The quantitative estimate of drug-likeness (QED) is 0.534. The number of benzene rings is 1. The van der Waals surface area contributed by atoms with E-state index in [1.54, 1.807) is 17.5 Å². The molecule has 1 N–H and O–H groups in total. The van der Waals surface area contributed by atoms with Crippen LogP contribution in [0.2, 0.25) is 0 Å². The van der Waals surface area contributed by atoms with Crippen LogP contribution in [0.25, 0.3) is 16.9 Å². The number of nitrogens with zero attached hydrogens (tertiary/aromatic N) is 3. The highest BCUT2D eigenvalue weighted by atomic mass is 32.1. The monoisotopic (exact) mass is 376 g/mol. The van der Waals surface area contributed by atoms with Gasteiger partial charge < -0.3 is 5.32 Å². The molecule has 0 fully saturated rings. The lowest BCUT2D eigenvalue weighted by atomic mass is 10.2. The van der Waals surface area contributed by atoms with Gasteiger partial charge in [-0.05, 0) is 42.1 Å². The maximum atomic E-state index is 12.2. The van der Waals surface area contributed by atoms with E-state index in [2.05, 4.69) is 21.7 Å². The number of fused-ring (bicyclic) bond motifs is 1. The highest BCUT2D eigenvalue weighted by molar-refractivity contribution is 7.09. The van der Waals surface area contributed by atoms with E-state index in [-0.39, 0.29) is 5.91 Å². The minimum atomic E-state index is 0.0474. The third kappa shape index (κ3) is 4.06. The number of hydrogen-bond donors (Lipinski definition) is 1. The van der Waals surface area contributed by atoms with Gasteiger partial charge in [0.15, 0.2) is 5.65 Å². The molecule has 0 saturated heterocycles. The number of para-hydroxylation sites is 1. The van der Waals surface area contributed by atoms with E-state index < -0.39 is 0 Å². The Labute approximate surface area is 161 Å². The molecule has 136 valence electrons. The lowest BCUT2D eigenvalue weighted by molar-refractivity contribution is -0.121. The predicted molar refractivity (Wildman–Crippen MR) is 108 cm³/mol. The number of thiophene rings is 1. The average Bonchev–Trinajstić information content (AvgIpc) is 3.34. The van der Waals surface area contributed by atoms with Gasteiger partial charge in [0.05, 0.1) is 0 Å². The number of aryl methyl sites for hydroxylation is 1. The second-order valence-electron chi connectivity index (χ2n) is 6.22. The molecule has 4 aromatic rings. The molecule has 5 nitrogen and oxygen atoms in total. The standard InChI is InChI=1S/C21H20N4OS/c26-20(22-14-12-17-8-5-15-27-17)11-10-19-24-18-9-4-13-23-21(18)25(19)16-6-2-1-3-7-16/h1-9,13,15H,10-12,14H2,(H,22,26). The van der Waals surface area contributed by atoms with Gasteiger partial charge in [-0.1, -0.05) is 24.3 Å². The fourth-order valence-electron chi connectivity index (χ4n) is 3.07. The van der Waals surface area contributed by atoms with Crippen LogP contribution < -0.4 is 5.32 Å². The van der Waals surface area contributed by atoms with E-state index in [0.29, 0.717) is 19.4 Å². The number of amides is 1. The zero-order valence-corrected chi connectivity index (χ0v) is 15.7. The van der Waals surface area contributed by atoms with Crippen LogP contribution in [0.15, 0.2) is 66.2 Å². The maximum Gasteiger partial charge on any atom is 0.220 e. The minimum Gasteiger partial charge on any atom is -0.356 e. The van der Waals surface area contributed by atoms with Crippen molar-refractivity contribution in [3.05, 3.63) is 76.9 Å². The number of carbonyl (C=O) groups excluding carboxylic acids is 1. The molecule has 3 aromatic heterocycles. The molecule has 0 atom stereocenters. The third-order valence-corrected chi connectivity index (χ3v) is 5.29. The second kappa shape index (κ2) is 8.14. The summed E-state index contributed by atoms with van der Waals surface area (Å²) in [5.74, 6) is 0.898. The van der Waals surface area contributed by atoms with Gasteiger partial charge in [0.1, 0.15) is 11.3 Å². The zero-order valence-electron chi connectivity index (χ0n) is 14.8. The van der Waals surface area contributed by atoms with Crippen LogP contribution in [0, 0.1) is 0 Å². The molecule has 4 rings (SSSR count). The Morgan fingerprint density at radius 3 is 2.74 bits per heavy atom. The van der Waals surface area contributed by atoms with Gasteiger partial charge in [0.25, 0.3) is 0 Å². The third-order valence-electron chi connectivity index (χ3n) is 4.35. The van der Waals surface area contributed by atoms with Crippen LogP contribution in [-0.2, 0) is 17.6 Å². The summed E-state index contributed by atoms with van der Waals surface area (Å²) < 4.78 is 2.04. The lowest BCUT2D eigenvalue weighted by Gasteiger charge is -2.09. The van der Waals surface area contributed by atoms with Crippen molar-refractivity contribution in [3.63, 3.8) is 0 Å². The predicted octanol–water partition coefficient (Wildman–Crippen LogP) is 3.77. The highest BCUT2D eigenvalue weighted by Crippen LogP contribution is 2.20. The first kappa shape index (κ1) is 17.4. The number of aromatic nitrogens is 3. The van der Waals surface area contributed by atoms with E-state index in [1.165, 1.54) is 4.88 Å². The summed E-state index contributed by atoms with van der Waals surface area (Å²) in [6.45, 7) is 0.663. The Balaban J connectivity index is 1.46. The molecule has 1 amide bonds. The number of rotatable bonds is 7. The largest absolute Gasteiger partial charge is 0.356 e. The van der Waals surface area contributed by atoms with Gasteiger partial charge in [-0.3, -0.25) is 9.36 Å². The Morgan fingerprint density at radius 2 is 1.93 bits per heavy atom. The molecule has 0 saturated carbocycles. The summed E-state index contributed by atoms with van der Waals surface area (Å²) >= 11 is 1.72. The van der Waals surface area contributed by atoms with Crippen LogP contribution in [-0.4, -0.2) is 27.0 Å². The van der Waals surface area contributed by atoms with Crippen molar-refractivity contribution in [3.8, 4) is 5.69 Å². The smallest absolute Gasteiger partial charge is 0.220 e. The van der Waals surface area contributed by atoms with E-state index in [9.17, 15) is 4.79 Å². The van der Waals surface area contributed by atoms with Crippen molar-refractivity contribution < 1.29 is 4.79 Å². The van der Waals surface area contributed by atoms with Crippen LogP contribution in [0.4, 0.5) is 0 Å². The average molecular weight is 376 g/mol. The molecule has 0 aliphatic heterocycles. The maximum absolute atomic E-state index is 12.2. The number of imidazole rings is 1. The summed E-state index contributed by atoms with van der Waals surface area (Å²) in [6, 6.07) is 18.0. The van der Waals surface area contributed by atoms with E-state index in [0.717, 1.165) is 29.1 Å². The van der Waals surface area contributed by atoms with Crippen molar-refractivity contribution in [1.29, 1.82) is 0 Å². The molecule has 0 bridgehead atoms. The second-order valence-corrected chi connectivity index (χ2v) is 7.26. The molecule has 0 unspecified atom stereocenters. The Kier molecular flexibility index (Phi) is 5.25. The number of hydrogen-bond acceptors (Lipinski definition) is 4. The van der Waals surface area contributed by atoms with Crippen LogP contribution in [0.3, 0.4) is 0 Å². The van der Waals surface area contributed by atoms with Crippen molar-refractivity contribution in [2.75, 3.05) is 6.54 Å². The van der Waals surface area contributed by atoms with Crippen molar-refractivity contribution >= 4 is 28.4 Å². The molecule has 0 spiro atoms. The fraction of sp³-hybridized carbons (Fsp3) is 0.190. The molecule has 27 heavy (non-hydrogen) atoms. The fourth-order valence-corrected chi connectivity index (χ4v) is 3.78. The number of nitrogens with one attached hydrogen (secondary N) is 1. The van der Waals surface area contributed by atoms with Gasteiger partial charge in [-0.15, -0.1) is 11.3 Å². The normalized spacial score (nSPS) is 11.0. The molecule has 6 heteroatoms. The highest BCUT2D eigenvalue weighted by Gasteiger charge is 2.14. The molecule has 3 heterocycles. The summed E-state index contributed by atoms with van der Waals surface area (Å²) in [4.78, 5) is 22.7. The van der Waals surface area contributed by atoms with Crippen molar-refractivity contribution in [2.24, 2.45) is 0 Å². The van der Waals surface area contributed by atoms with Crippen LogP contribution in [0.5, 0.6) is 0 Å². The molecule has 1 aromatic carbocycles. The topological polar surface area (TPSA) is 59.8 Å². The van der Waals surface area contributed by atoms with Gasteiger partial charge in [0, 0.05) is 36.1 Å². The van der Waals surface area contributed by atoms with Gasteiger partial charge in [-0.2, -0.15) is 0 Å². The Bertz CT molecular complexity index is 1020. The molecular formula is C21H20N4OS. The molecule has 0 aliphatic carbocycles. The Hall–Kier alpha value is -2.99.